The maximum Gasteiger partial charge on any atom is 0.339 e. The van der Waals surface area contributed by atoms with E-state index in [1.807, 2.05) is 0 Å². The van der Waals surface area contributed by atoms with E-state index < -0.39 is 25.4 Å². The summed E-state index contributed by atoms with van der Waals surface area (Å²) in [5.74, 6) is -1.19. The lowest BCUT2D eigenvalue weighted by Gasteiger charge is -2.33. The summed E-state index contributed by atoms with van der Waals surface area (Å²) in [6.07, 6.45) is -0.601. The number of hydrogen-bond donors (Lipinski definition) is 4. The van der Waals surface area contributed by atoms with Gasteiger partial charge in [0.15, 0.2) is 0 Å². The van der Waals surface area contributed by atoms with Crippen molar-refractivity contribution in [2.45, 2.75) is 12.5 Å². The predicted molar refractivity (Wildman–Crippen MR) is 54.6 cm³/mol. The van der Waals surface area contributed by atoms with E-state index in [-0.39, 0.29) is 5.75 Å². The second-order valence-corrected chi connectivity index (χ2v) is 5.17. The fourth-order valence-electron chi connectivity index (χ4n) is 0.784. The highest BCUT2D eigenvalue weighted by atomic mass is 32.1. The number of carbonyl (C=O) groups is 1. The Morgan fingerprint density at radius 1 is 1.57 bits per heavy atom. The van der Waals surface area contributed by atoms with E-state index in [0.717, 1.165) is 4.90 Å². The minimum Gasteiger partial charge on any atom is -0.480 e. The van der Waals surface area contributed by atoms with Gasteiger partial charge < -0.3 is 14.9 Å². The van der Waals surface area contributed by atoms with E-state index in [2.05, 4.69) is 12.6 Å². The Labute approximate surface area is 87.5 Å². The highest BCUT2D eigenvalue weighted by Gasteiger charge is 2.38. The van der Waals surface area contributed by atoms with Gasteiger partial charge in [0.2, 0.25) is 0 Å². The highest BCUT2D eigenvalue weighted by Crippen LogP contribution is 2.36. The second-order valence-electron chi connectivity index (χ2n) is 3.24. The van der Waals surface area contributed by atoms with Crippen LogP contribution in [0.3, 0.4) is 0 Å². The van der Waals surface area contributed by atoms with Gasteiger partial charge in [-0.1, -0.05) is 0 Å². The van der Waals surface area contributed by atoms with Gasteiger partial charge in [-0.25, -0.2) is 0 Å². The average molecular weight is 243 g/mol. The summed E-state index contributed by atoms with van der Waals surface area (Å²) in [7, 11) is -2.91. The minimum atomic E-state index is -4.24. The maximum absolute atomic E-state index is 10.8. The number of rotatable bonds is 5. The summed E-state index contributed by atoms with van der Waals surface area (Å²) >= 11 is 3.85. The fourth-order valence-corrected chi connectivity index (χ4v) is 2.03. The first-order valence-corrected chi connectivity index (χ1v) is 6.16. The van der Waals surface area contributed by atoms with Gasteiger partial charge in [-0.15, -0.1) is 0 Å². The Balaban J connectivity index is 4.72. The Morgan fingerprint density at radius 2 is 2.00 bits per heavy atom. The quantitative estimate of drug-likeness (QED) is 0.395. The molecule has 0 aromatic carbocycles. The van der Waals surface area contributed by atoms with Crippen LogP contribution in [0.1, 0.15) is 6.92 Å². The molecule has 84 valence electrons. The lowest BCUT2D eigenvalue weighted by Crippen LogP contribution is -2.52. The van der Waals surface area contributed by atoms with Gasteiger partial charge in [0.1, 0.15) is 11.8 Å². The first-order chi connectivity index (χ1) is 6.13. The van der Waals surface area contributed by atoms with Crippen LogP contribution in [0.4, 0.5) is 0 Å². The van der Waals surface area contributed by atoms with Crippen LogP contribution in [0.5, 0.6) is 0 Å². The van der Waals surface area contributed by atoms with Gasteiger partial charge in [-0.05, 0) is 14.0 Å². The monoisotopic (exact) mass is 243 g/mol. The standard InChI is InChI=1S/C6H14NO5PS/c1-6(3-14,5(8)9)7(2)4-13(10,11)12/h14H,3-4H2,1-2H3,(H,8,9)(H2,10,11,12). The maximum atomic E-state index is 10.8. The van der Waals surface area contributed by atoms with Gasteiger partial charge in [0, 0.05) is 5.75 Å². The second kappa shape index (κ2) is 4.63. The van der Waals surface area contributed by atoms with Crippen molar-refractivity contribution in [3.05, 3.63) is 0 Å². The Hall–Kier alpha value is -0.0700. The molecule has 0 radical (unpaired) electrons. The Morgan fingerprint density at radius 3 is 2.21 bits per heavy atom. The third kappa shape index (κ3) is 3.59. The fraction of sp³-hybridized carbons (Fsp3) is 0.833. The minimum absolute atomic E-state index is 0.0289. The van der Waals surface area contributed by atoms with Crippen molar-refractivity contribution < 1.29 is 24.3 Å². The first-order valence-electron chi connectivity index (χ1n) is 3.73. The molecular weight excluding hydrogens is 229 g/mol. The van der Waals surface area contributed by atoms with Crippen LogP contribution in [0, 0.1) is 0 Å². The summed E-state index contributed by atoms with van der Waals surface area (Å²) in [5.41, 5.74) is -1.37. The van der Waals surface area contributed by atoms with Crippen molar-refractivity contribution in [3.63, 3.8) is 0 Å². The van der Waals surface area contributed by atoms with Gasteiger partial charge in [-0.2, -0.15) is 12.6 Å². The van der Waals surface area contributed by atoms with Crippen molar-refractivity contribution in [3.8, 4) is 0 Å². The molecule has 3 N–H and O–H groups in total. The number of thiol groups is 1. The van der Waals surface area contributed by atoms with Crippen molar-refractivity contribution >= 4 is 26.2 Å². The molecule has 1 unspecified atom stereocenters. The van der Waals surface area contributed by atoms with Gasteiger partial charge in [-0.3, -0.25) is 14.3 Å². The molecule has 1 atom stereocenters. The molecule has 0 saturated carbocycles. The molecule has 14 heavy (non-hydrogen) atoms. The molecule has 0 aromatic heterocycles. The van der Waals surface area contributed by atoms with Gasteiger partial charge >= 0.3 is 13.6 Å². The number of hydrogen-bond acceptors (Lipinski definition) is 4. The number of likely N-dealkylation sites (N-methyl/N-ethyl adjacent to an activating group) is 1. The third-order valence-electron chi connectivity index (χ3n) is 2.01. The predicted octanol–water partition coefficient (Wildman–Crippen LogP) is -0.174. The molecule has 0 aliphatic rings. The molecule has 0 rings (SSSR count). The lowest BCUT2D eigenvalue weighted by atomic mass is 10.1. The third-order valence-corrected chi connectivity index (χ3v) is 3.42. The van der Waals surface area contributed by atoms with Crippen LogP contribution >= 0.6 is 20.2 Å². The van der Waals surface area contributed by atoms with Crippen molar-refractivity contribution in [1.82, 2.24) is 4.90 Å². The zero-order chi connectivity index (χ0) is 11.6. The van der Waals surface area contributed by atoms with Gasteiger partial charge in [0.25, 0.3) is 0 Å². The van der Waals surface area contributed by atoms with Crippen molar-refractivity contribution in [2.75, 3.05) is 19.1 Å². The smallest absolute Gasteiger partial charge is 0.339 e. The van der Waals surface area contributed by atoms with Crippen LogP contribution in [-0.2, 0) is 9.36 Å². The first kappa shape index (κ1) is 13.9. The van der Waals surface area contributed by atoms with E-state index in [0.29, 0.717) is 0 Å². The van der Waals surface area contributed by atoms with E-state index in [1.54, 1.807) is 0 Å². The molecule has 0 fully saturated rings. The normalized spacial score (nSPS) is 16.7. The van der Waals surface area contributed by atoms with Crippen LogP contribution in [0.15, 0.2) is 0 Å². The summed E-state index contributed by atoms with van der Waals surface area (Å²) in [6.45, 7) is 1.36. The zero-order valence-electron chi connectivity index (χ0n) is 7.91. The zero-order valence-corrected chi connectivity index (χ0v) is 9.70. The number of nitrogens with zero attached hydrogens (tertiary/aromatic N) is 1. The largest absolute Gasteiger partial charge is 0.480 e. The molecule has 0 saturated heterocycles. The molecule has 8 heteroatoms. The number of carboxylic acids is 1. The summed E-state index contributed by atoms with van der Waals surface area (Å²) < 4.78 is 10.7. The molecule has 0 spiro atoms. The molecule has 0 aliphatic heterocycles. The van der Waals surface area contributed by atoms with E-state index in [9.17, 15) is 9.36 Å². The molecular formula is C6H14NO5PS. The number of carboxylic acid groups (broad SMARTS) is 1. The molecule has 0 bridgehead atoms. The van der Waals surface area contributed by atoms with Crippen molar-refractivity contribution in [2.24, 2.45) is 0 Å². The summed E-state index contributed by atoms with van der Waals surface area (Å²) in [6, 6.07) is 0. The van der Waals surface area contributed by atoms with Crippen LogP contribution < -0.4 is 0 Å². The lowest BCUT2D eigenvalue weighted by molar-refractivity contribution is -0.147. The molecule has 0 aromatic rings. The summed E-state index contributed by atoms with van der Waals surface area (Å²) in [4.78, 5) is 29.3. The number of aliphatic carboxylic acids is 1. The van der Waals surface area contributed by atoms with E-state index in [4.69, 9.17) is 14.9 Å². The molecule has 6 nitrogen and oxygen atoms in total. The van der Waals surface area contributed by atoms with Crippen LogP contribution in [0.2, 0.25) is 0 Å². The molecule has 0 heterocycles. The Kier molecular flexibility index (Phi) is 4.61. The van der Waals surface area contributed by atoms with E-state index >= 15 is 0 Å². The molecule has 0 amide bonds. The topological polar surface area (TPSA) is 98.1 Å². The Bertz CT molecular complexity index is 267. The highest BCUT2D eigenvalue weighted by molar-refractivity contribution is 7.80. The SMILES string of the molecule is CN(CP(=O)(O)O)C(C)(CS)C(=O)O. The van der Waals surface area contributed by atoms with Gasteiger partial charge in [0.05, 0.1) is 0 Å². The molecule has 0 aliphatic carbocycles. The van der Waals surface area contributed by atoms with Crippen LogP contribution in [0.25, 0.3) is 0 Å². The van der Waals surface area contributed by atoms with Crippen LogP contribution in [-0.4, -0.2) is 50.4 Å². The van der Waals surface area contributed by atoms with E-state index in [1.165, 1.54) is 14.0 Å². The van der Waals surface area contributed by atoms with Crippen molar-refractivity contribution in [1.29, 1.82) is 0 Å². The summed E-state index contributed by atoms with van der Waals surface area (Å²) in [5, 5.41) is 8.86. The average Bonchev–Trinajstić information content (AvgIpc) is 1.99.